The van der Waals surface area contributed by atoms with Crippen LogP contribution >= 0.6 is 0 Å². The van der Waals surface area contributed by atoms with E-state index in [1.165, 1.54) is 11.6 Å². The van der Waals surface area contributed by atoms with Gasteiger partial charge >= 0.3 is 5.97 Å². The van der Waals surface area contributed by atoms with E-state index in [-0.39, 0.29) is 35.8 Å². The average Bonchev–Trinajstić information content (AvgIpc) is 3.31. The number of hydrogen-bond acceptors (Lipinski definition) is 5. The molecule has 35 heavy (non-hydrogen) atoms. The molecule has 2 heterocycles. The number of nitro benzene ring substituents is 1. The summed E-state index contributed by atoms with van der Waals surface area (Å²) in [6.45, 7) is 5.11. The number of aryl methyl sites for hydroxylation is 1. The number of nitrogens with one attached hydrogen (secondary N) is 1. The van der Waals surface area contributed by atoms with Crippen LogP contribution < -0.4 is 0 Å². The molecular weight excluding hydrogens is 446 g/mol. The maximum Gasteiger partial charge on any atom is 0.310 e. The van der Waals surface area contributed by atoms with Gasteiger partial charge in [0.05, 0.1) is 17.4 Å². The summed E-state index contributed by atoms with van der Waals surface area (Å²) in [6, 6.07) is 12.6. The van der Waals surface area contributed by atoms with Crippen LogP contribution in [0.15, 0.2) is 48.7 Å². The maximum atomic E-state index is 13.5. The van der Waals surface area contributed by atoms with E-state index in [1.807, 2.05) is 24.4 Å². The number of aromatic nitrogens is 1. The van der Waals surface area contributed by atoms with Gasteiger partial charge in [-0.1, -0.05) is 37.3 Å². The van der Waals surface area contributed by atoms with Gasteiger partial charge in [0, 0.05) is 54.7 Å². The molecule has 1 saturated heterocycles. The number of para-hydroxylation sites is 1. The van der Waals surface area contributed by atoms with E-state index in [4.69, 9.17) is 4.74 Å². The fourth-order valence-corrected chi connectivity index (χ4v) is 5.04. The van der Waals surface area contributed by atoms with E-state index in [0.717, 1.165) is 29.3 Å². The number of benzene rings is 2. The third kappa shape index (κ3) is 5.21. The molecule has 0 spiro atoms. The number of non-ortho nitro benzene ring substituents is 1. The number of nitro groups is 1. The van der Waals surface area contributed by atoms with Gasteiger partial charge in [0.25, 0.3) is 5.69 Å². The second-order valence-electron chi connectivity index (χ2n) is 8.98. The number of fused-ring (bicyclic) bond motifs is 1. The summed E-state index contributed by atoms with van der Waals surface area (Å²) in [5.74, 6) is -1.02. The normalized spacial score (nSPS) is 16.7. The highest BCUT2D eigenvalue weighted by molar-refractivity contribution is 5.88. The summed E-state index contributed by atoms with van der Waals surface area (Å²) in [6.07, 6.45) is 4.38. The topological polar surface area (TPSA) is 106 Å². The van der Waals surface area contributed by atoms with Gasteiger partial charge in [-0.3, -0.25) is 19.7 Å². The van der Waals surface area contributed by atoms with Crippen molar-refractivity contribution in [2.24, 2.45) is 5.92 Å². The van der Waals surface area contributed by atoms with Gasteiger partial charge in [-0.25, -0.2) is 0 Å². The van der Waals surface area contributed by atoms with Crippen molar-refractivity contribution in [2.75, 3.05) is 19.7 Å². The first-order chi connectivity index (χ1) is 16.9. The van der Waals surface area contributed by atoms with Crippen LogP contribution in [0.5, 0.6) is 0 Å². The Kier molecular flexibility index (Phi) is 7.48. The zero-order valence-electron chi connectivity index (χ0n) is 20.2. The number of rotatable bonds is 8. The molecule has 184 valence electrons. The molecule has 8 nitrogen and oxygen atoms in total. The number of carbonyl (C=O) groups excluding carboxylic acids is 2. The Morgan fingerprint density at radius 2 is 2.03 bits per heavy atom. The smallest absolute Gasteiger partial charge is 0.310 e. The van der Waals surface area contributed by atoms with Crippen molar-refractivity contribution in [3.63, 3.8) is 0 Å². The minimum Gasteiger partial charge on any atom is -0.466 e. The first-order valence-corrected chi connectivity index (χ1v) is 12.2. The Morgan fingerprint density at radius 1 is 1.23 bits per heavy atom. The summed E-state index contributed by atoms with van der Waals surface area (Å²) >= 11 is 0. The predicted octanol–water partition coefficient (Wildman–Crippen LogP) is 4.96. The highest BCUT2D eigenvalue weighted by Gasteiger charge is 2.31. The van der Waals surface area contributed by atoms with Crippen LogP contribution in [-0.4, -0.2) is 46.4 Å². The summed E-state index contributed by atoms with van der Waals surface area (Å²) in [5, 5.41) is 12.5. The molecule has 4 rings (SSSR count). The summed E-state index contributed by atoms with van der Waals surface area (Å²) in [4.78, 5) is 41.9. The van der Waals surface area contributed by atoms with Gasteiger partial charge in [-0.05, 0) is 42.9 Å². The highest BCUT2D eigenvalue weighted by atomic mass is 16.6. The highest BCUT2D eigenvalue weighted by Crippen LogP contribution is 2.36. The summed E-state index contributed by atoms with van der Waals surface area (Å²) < 4.78 is 5.18. The lowest BCUT2D eigenvalue weighted by Gasteiger charge is -2.32. The Hall–Kier alpha value is -3.68. The van der Waals surface area contributed by atoms with Gasteiger partial charge in [0.1, 0.15) is 0 Å². The van der Waals surface area contributed by atoms with Gasteiger partial charge in [0.2, 0.25) is 5.91 Å². The standard InChI is InChI=1S/C27H31N3O5/c1-3-18-8-6-12-22-24(16-28-26(18)22)23(19-9-5-11-21(14-19)30(33)34)15-25(31)29-13-7-10-20(17-29)27(32)35-4-2/h5-6,8-9,11-12,14,16,20,23,28H,3-4,7,10,13,15,17H2,1-2H3/t20-,23-/m0/s1. The molecule has 0 bridgehead atoms. The molecule has 1 N–H and O–H groups in total. The van der Waals surface area contributed by atoms with E-state index >= 15 is 0 Å². The molecule has 0 radical (unpaired) electrons. The number of hydrogen-bond donors (Lipinski definition) is 1. The largest absolute Gasteiger partial charge is 0.466 e. The Morgan fingerprint density at radius 3 is 2.77 bits per heavy atom. The van der Waals surface area contributed by atoms with Crippen LogP contribution in [0, 0.1) is 16.0 Å². The van der Waals surface area contributed by atoms with E-state index in [2.05, 4.69) is 18.0 Å². The Balaban J connectivity index is 1.68. The van der Waals surface area contributed by atoms with Crippen molar-refractivity contribution in [1.29, 1.82) is 0 Å². The molecule has 0 aliphatic carbocycles. The van der Waals surface area contributed by atoms with Gasteiger partial charge in [-0.15, -0.1) is 0 Å². The number of ether oxygens (including phenoxy) is 1. The molecule has 0 saturated carbocycles. The summed E-state index contributed by atoms with van der Waals surface area (Å²) in [5.41, 5.74) is 3.84. The van der Waals surface area contributed by atoms with Crippen molar-refractivity contribution in [3.8, 4) is 0 Å². The zero-order chi connectivity index (χ0) is 24.9. The molecular formula is C27H31N3O5. The van der Waals surface area contributed by atoms with E-state index in [1.54, 1.807) is 24.0 Å². The van der Waals surface area contributed by atoms with E-state index in [9.17, 15) is 19.7 Å². The molecule has 3 aromatic rings. The van der Waals surface area contributed by atoms with Crippen molar-refractivity contribution >= 4 is 28.5 Å². The molecule has 1 fully saturated rings. The molecule has 2 atom stereocenters. The second-order valence-corrected chi connectivity index (χ2v) is 8.98. The molecule has 1 amide bonds. The zero-order valence-corrected chi connectivity index (χ0v) is 20.2. The third-order valence-electron chi connectivity index (χ3n) is 6.85. The van der Waals surface area contributed by atoms with Crippen molar-refractivity contribution in [1.82, 2.24) is 9.88 Å². The number of nitrogens with zero attached hydrogens (tertiary/aromatic N) is 2. The number of esters is 1. The number of H-pyrrole nitrogens is 1. The predicted molar refractivity (Wildman–Crippen MR) is 133 cm³/mol. The number of carbonyl (C=O) groups is 2. The molecule has 1 aliphatic heterocycles. The molecule has 8 heteroatoms. The Bertz CT molecular complexity index is 1230. The van der Waals surface area contributed by atoms with Crippen LogP contribution in [0.1, 0.15) is 55.7 Å². The number of piperidine rings is 1. The van der Waals surface area contributed by atoms with Crippen LogP contribution in [-0.2, 0) is 20.7 Å². The quantitative estimate of drug-likeness (QED) is 0.280. The lowest BCUT2D eigenvalue weighted by molar-refractivity contribution is -0.384. The maximum absolute atomic E-state index is 13.5. The lowest BCUT2D eigenvalue weighted by atomic mass is 9.86. The van der Waals surface area contributed by atoms with Crippen molar-refractivity contribution in [2.45, 2.75) is 45.4 Å². The Labute approximate surface area is 204 Å². The first-order valence-electron chi connectivity index (χ1n) is 12.2. The number of likely N-dealkylation sites (tertiary alicyclic amines) is 1. The molecule has 1 aliphatic rings. The van der Waals surface area contributed by atoms with Crippen LogP contribution in [0.2, 0.25) is 0 Å². The molecule has 0 unspecified atom stereocenters. The third-order valence-corrected chi connectivity index (χ3v) is 6.85. The minimum absolute atomic E-state index is 0.00520. The molecule has 1 aromatic heterocycles. The summed E-state index contributed by atoms with van der Waals surface area (Å²) in [7, 11) is 0. The molecule has 2 aromatic carbocycles. The first kappa shape index (κ1) is 24.4. The van der Waals surface area contributed by atoms with Gasteiger partial charge < -0.3 is 14.6 Å². The second kappa shape index (κ2) is 10.7. The lowest BCUT2D eigenvalue weighted by Crippen LogP contribution is -2.43. The van der Waals surface area contributed by atoms with E-state index < -0.39 is 4.92 Å². The van der Waals surface area contributed by atoms with Gasteiger partial charge in [-0.2, -0.15) is 0 Å². The number of amides is 1. The SMILES string of the molecule is CCOC(=O)[C@H]1CCCN(C(=O)C[C@@H](c2cccc([N+](=O)[O-])c2)c2c[nH]c3c(CC)cccc23)C1. The van der Waals surface area contributed by atoms with Gasteiger partial charge in [0.15, 0.2) is 0 Å². The van der Waals surface area contributed by atoms with Crippen LogP contribution in [0.4, 0.5) is 5.69 Å². The minimum atomic E-state index is -0.415. The van der Waals surface area contributed by atoms with Crippen molar-refractivity contribution in [3.05, 3.63) is 75.5 Å². The fraction of sp³-hybridized carbons (Fsp3) is 0.407. The van der Waals surface area contributed by atoms with Crippen molar-refractivity contribution < 1.29 is 19.2 Å². The van der Waals surface area contributed by atoms with Crippen LogP contribution in [0.25, 0.3) is 10.9 Å². The van der Waals surface area contributed by atoms with Crippen LogP contribution in [0.3, 0.4) is 0 Å². The number of aromatic amines is 1. The van der Waals surface area contributed by atoms with E-state index in [0.29, 0.717) is 31.7 Å². The average molecular weight is 478 g/mol. The fourth-order valence-electron chi connectivity index (χ4n) is 5.04. The monoisotopic (exact) mass is 477 g/mol.